The number of Topliss-reactive ketones (excluding diaryl/α,β-unsaturated/α-hetero) is 2. The number of halogens is 2. The standard InChI is InChI=1S/C35H41ClINO4/c1-7-12-38-25-16-34(3,4)18-27(39)31(25)30(32-26(38)17-35(5,6)19-28(32)40)22-14-24(37)33(29(15-22)41-8-2)42-20-21-10-9-11-23(36)13-21/h9-11,13-15,30H,7-8,12,16-20H2,1-6H3. The fourth-order valence-electron chi connectivity index (χ4n) is 6.81. The number of hydrogen-bond acceptors (Lipinski definition) is 5. The van der Waals surface area contributed by atoms with Crippen LogP contribution < -0.4 is 9.47 Å². The van der Waals surface area contributed by atoms with E-state index >= 15 is 0 Å². The van der Waals surface area contributed by atoms with Crippen molar-refractivity contribution < 1.29 is 19.1 Å². The Morgan fingerprint density at radius 3 is 2.07 bits per heavy atom. The molecule has 3 aliphatic rings. The maximum Gasteiger partial charge on any atom is 0.174 e. The Bertz CT molecular complexity index is 1430. The largest absolute Gasteiger partial charge is 0.490 e. The molecule has 0 radical (unpaired) electrons. The van der Waals surface area contributed by atoms with E-state index in [1.165, 1.54) is 0 Å². The number of carbonyl (C=O) groups excluding carboxylic acids is 2. The molecule has 0 spiro atoms. The zero-order chi connectivity index (χ0) is 30.4. The van der Waals surface area contributed by atoms with Crippen LogP contribution in [0.5, 0.6) is 11.5 Å². The van der Waals surface area contributed by atoms with Gasteiger partial charge in [-0.05, 0) is 95.0 Å². The molecular formula is C35H41ClINO4. The van der Waals surface area contributed by atoms with Gasteiger partial charge in [-0.3, -0.25) is 9.59 Å². The van der Waals surface area contributed by atoms with Crippen LogP contribution in [-0.2, 0) is 16.2 Å². The van der Waals surface area contributed by atoms with Crippen molar-refractivity contribution in [2.75, 3.05) is 13.2 Å². The first kappa shape index (κ1) is 31.1. The van der Waals surface area contributed by atoms with E-state index in [-0.39, 0.29) is 22.4 Å². The Balaban J connectivity index is 1.67. The van der Waals surface area contributed by atoms with Gasteiger partial charge in [0.1, 0.15) is 6.61 Å². The molecule has 2 aromatic rings. The van der Waals surface area contributed by atoms with E-state index in [0.717, 1.165) is 63.0 Å². The van der Waals surface area contributed by atoms with Crippen LogP contribution in [0.4, 0.5) is 0 Å². The first-order chi connectivity index (χ1) is 19.8. The molecular weight excluding hydrogens is 661 g/mol. The molecule has 0 unspecified atom stereocenters. The van der Waals surface area contributed by atoms with Gasteiger partial charge >= 0.3 is 0 Å². The summed E-state index contributed by atoms with van der Waals surface area (Å²) in [7, 11) is 0. The molecule has 0 aromatic heterocycles. The van der Waals surface area contributed by atoms with Crippen molar-refractivity contribution in [1.82, 2.24) is 4.90 Å². The summed E-state index contributed by atoms with van der Waals surface area (Å²) < 4.78 is 13.3. The van der Waals surface area contributed by atoms with Gasteiger partial charge in [0.25, 0.3) is 0 Å². The van der Waals surface area contributed by atoms with E-state index in [1.807, 2.05) is 37.3 Å². The minimum Gasteiger partial charge on any atom is -0.490 e. The second-order valence-electron chi connectivity index (χ2n) is 13.4. The molecule has 0 saturated heterocycles. The first-order valence-electron chi connectivity index (χ1n) is 15.0. The number of allylic oxidation sites excluding steroid dienone is 4. The van der Waals surface area contributed by atoms with Crippen LogP contribution in [0.15, 0.2) is 58.9 Å². The summed E-state index contributed by atoms with van der Waals surface area (Å²) in [5, 5.41) is 0.661. The molecule has 0 atom stereocenters. The molecule has 1 heterocycles. The van der Waals surface area contributed by atoms with Crippen LogP contribution >= 0.6 is 34.2 Å². The highest BCUT2D eigenvalue weighted by molar-refractivity contribution is 14.1. The highest BCUT2D eigenvalue weighted by Gasteiger charge is 2.49. The number of benzene rings is 2. The van der Waals surface area contributed by atoms with E-state index in [2.05, 4.69) is 68.2 Å². The number of nitrogens with zero attached hydrogens (tertiary/aromatic N) is 1. The zero-order valence-electron chi connectivity index (χ0n) is 25.5. The van der Waals surface area contributed by atoms with E-state index in [1.54, 1.807) is 0 Å². The second-order valence-corrected chi connectivity index (χ2v) is 15.0. The molecule has 5 nitrogen and oxygen atoms in total. The molecule has 224 valence electrons. The topological polar surface area (TPSA) is 55.8 Å². The van der Waals surface area contributed by atoms with Gasteiger partial charge in [-0.15, -0.1) is 0 Å². The van der Waals surface area contributed by atoms with Gasteiger partial charge in [-0.1, -0.05) is 58.4 Å². The molecule has 2 aliphatic carbocycles. The smallest absolute Gasteiger partial charge is 0.174 e. The van der Waals surface area contributed by atoms with Crippen molar-refractivity contribution in [2.24, 2.45) is 10.8 Å². The van der Waals surface area contributed by atoms with E-state index in [9.17, 15) is 9.59 Å². The fourth-order valence-corrected chi connectivity index (χ4v) is 7.81. The Labute approximate surface area is 268 Å². The van der Waals surface area contributed by atoms with Gasteiger partial charge in [-0.2, -0.15) is 0 Å². The van der Waals surface area contributed by atoms with Crippen molar-refractivity contribution >= 4 is 45.8 Å². The number of rotatable bonds is 8. The molecule has 0 N–H and O–H groups in total. The van der Waals surface area contributed by atoms with Crippen LogP contribution in [0.3, 0.4) is 0 Å². The van der Waals surface area contributed by atoms with Crippen molar-refractivity contribution in [3.63, 3.8) is 0 Å². The summed E-state index contributed by atoms with van der Waals surface area (Å²) >= 11 is 8.49. The summed E-state index contributed by atoms with van der Waals surface area (Å²) in [6.07, 6.45) is 3.51. The number of carbonyl (C=O) groups is 2. The second kappa shape index (κ2) is 12.0. The maximum absolute atomic E-state index is 14.0. The number of ketones is 2. The summed E-state index contributed by atoms with van der Waals surface area (Å²) in [5.74, 6) is 1.15. The third kappa shape index (κ3) is 6.17. The molecule has 0 amide bonds. The molecule has 0 bridgehead atoms. The monoisotopic (exact) mass is 701 g/mol. The van der Waals surface area contributed by atoms with Crippen molar-refractivity contribution in [1.29, 1.82) is 0 Å². The lowest BCUT2D eigenvalue weighted by Crippen LogP contribution is -2.44. The third-order valence-corrected chi connectivity index (χ3v) is 9.44. The lowest BCUT2D eigenvalue weighted by atomic mass is 9.63. The molecule has 2 aromatic carbocycles. The Morgan fingerprint density at radius 2 is 1.52 bits per heavy atom. The Morgan fingerprint density at radius 1 is 0.905 bits per heavy atom. The lowest BCUT2D eigenvalue weighted by Gasteiger charge is -2.49. The summed E-state index contributed by atoms with van der Waals surface area (Å²) in [5.41, 5.74) is 5.38. The molecule has 7 heteroatoms. The van der Waals surface area contributed by atoms with Crippen LogP contribution in [0.2, 0.25) is 5.02 Å². The molecule has 42 heavy (non-hydrogen) atoms. The third-order valence-electron chi connectivity index (χ3n) is 8.41. The summed E-state index contributed by atoms with van der Waals surface area (Å²) in [6.45, 7) is 14.4. The minimum atomic E-state index is -0.412. The van der Waals surface area contributed by atoms with Gasteiger partial charge in [0.15, 0.2) is 23.1 Å². The van der Waals surface area contributed by atoms with Gasteiger partial charge in [0.2, 0.25) is 0 Å². The predicted molar refractivity (Wildman–Crippen MR) is 176 cm³/mol. The Kier molecular flexibility index (Phi) is 8.88. The quantitative estimate of drug-likeness (QED) is 0.257. The highest BCUT2D eigenvalue weighted by Crippen LogP contribution is 2.55. The van der Waals surface area contributed by atoms with Crippen molar-refractivity contribution in [3.8, 4) is 11.5 Å². The van der Waals surface area contributed by atoms with Crippen LogP contribution in [0, 0.1) is 14.4 Å². The van der Waals surface area contributed by atoms with Crippen LogP contribution in [0.1, 0.15) is 90.7 Å². The van der Waals surface area contributed by atoms with Crippen LogP contribution in [0.25, 0.3) is 0 Å². The van der Waals surface area contributed by atoms with Crippen molar-refractivity contribution in [2.45, 2.75) is 86.2 Å². The SMILES string of the molecule is CCCN1C2=C(C(=O)CC(C)(C)C2)C(c2cc(I)c(OCc3cccc(Cl)c3)c(OCC)c2)C2=C1CC(C)(C)CC2=O. The van der Waals surface area contributed by atoms with Crippen LogP contribution in [-0.4, -0.2) is 29.6 Å². The number of hydrogen-bond donors (Lipinski definition) is 0. The fraction of sp³-hybridized carbons (Fsp3) is 0.486. The minimum absolute atomic E-state index is 0.137. The zero-order valence-corrected chi connectivity index (χ0v) is 28.4. The van der Waals surface area contributed by atoms with Crippen molar-refractivity contribution in [3.05, 3.63) is 78.7 Å². The van der Waals surface area contributed by atoms with Gasteiger partial charge in [-0.25, -0.2) is 0 Å². The average Bonchev–Trinajstić information content (AvgIpc) is 2.88. The van der Waals surface area contributed by atoms with Gasteiger partial charge in [0, 0.05) is 52.9 Å². The lowest BCUT2D eigenvalue weighted by molar-refractivity contribution is -0.119. The van der Waals surface area contributed by atoms with E-state index < -0.39 is 5.92 Å². The predicted octanol–water partition coefficient (Wildman–Crippen LogP) is 9.02. The molecule has 0 fully saturated rings. The van der Waals surface area contributed by atoms with Gasteiger partial charge < -0.3 is 14.4 Å². The maximum atomic E-state index is 14.0. The van der Waals surface area contributed by atoms with E-state index in [4.69, 9.17) is 21.1 Å². The summed E-state index contributed by atoms with van der Waals surface area (Å²) in [4.78, 5) is 30.4. The summed E-state index contributed by atoms with van der Waals surface area (Å²) in [6, 6.07) is 11.7. The number of ether oxygens (including phenoxy) is 2. The molecule has 0 saturated carbocycles. The van der Waals surface area contributed by atoms with Gasteiger partial charge in [0.05, 0.1) is 10.2 Å². The average molecular weight is 702 g/mol. The Hall–Kier alpha value is -2.32. The highest BCUT2D eigenvalue weighted by atomic mass is 127. The normalized spacial score (nSPS) is 20.0. The molecule has 5 rings (SSSR count). The van der Waals surface area contributed by atoms with E-state index in [0.29, 0.717) is 42.6 Å². The molecule has 1 aliphatic heterocycles. The first-order valence-corrected chi connectivity index (χ1v) is 16.4.